The molecular weight excluding hydrogens is 366 g/mol. The fourth-order valence-electron chi connectivity index (χ4n) is 2.68. The number of ether oxygens (including phenoxy) is 1. The van der Waals surface area contributed by atoms with Gasteiger partial charge in [0.15, 0.2) is 11.9 Å². The molecule has 0 aliphatic rings. The number of aromatic nitrogens is 2. The van der Waals surface area contributed by atoms with Crippen LogP contribution in [0.15, 0.2) is 29.1 Å². The fourth-order valence-corrected chi connectivity index (χ4v) is 3.71. The zero-order valence-corrected chi connectivity index (χ0v) is 16.2. The predicted octanol–water partition coefficient (Wildman–Crippen LogP) is 3.48. The summed E-state index contributed by atoms with van der Waals surface area (Å²) in [4.78, 5) is 44.8. The summed E-state index contributed by atoms with van der Waals surface area (Å²) in [5.41, 5.74) is 1.46. The van der Waals surface area contributed by atoms with Gasteiger partial charge in [-0.25, -0.2) is 9.78 Å². The van der Waals surface area contributed by atoms with Gasteiger partial charge in [0.05, 0.1) is 10.9 Å². The Morgan fingerprint density at radius 1 is 1.30 bits per heavy atom. The van der Waals surface area contributed by atoms with Crippen LogP contribution in [-0.2, 0) is 9.53 Å². The molecule has 0 radical (unpaired) electrons. The molecule has 0 aliphatic carbocycles. The number of amides is 1. The van der Waals surface area contributed by atoms with Crippen LogP contribution in [0.2, 0.25) is 0 Å². The number of thiophene rings is 1. The molecule has 1 amide bonds. The monoisotopic (exact) mass is 385 g/mol. The zero-order valence-electron chi connectivity index (χ0n) is 15.4. The lowest BCUT2D eigenvalue weighted by Gasteiger charge is -2.13. The number of hydrogen-bond acceptors (Lipinski definition) is 6. The molecule has 0 fully saturated rings. The first-order valence-corrected chi connectivity index (χ1v) is 9.16. The van der Waals surface area contributed by atoms with Gasteiger partial charge in [-0.1, -0.05) is 6.07 Å². The maximum Gasteiger partial charge on any atom is 0.338 e. The summed E-state index contributed by atoms with van der Waals surface area (Å²) in [5, 5.41) is 3.19. The van der Waals surface area contributed by atoms with Crippen molar-refractivity contribution in [3.63, 3.8) is 0 Å². The summed E-state index contributed by atoms with van der Waals surface area (Å²) >= 11 is 1.44. The number of aryl methyl sites for hydroxylation is 2. The lowest BCUT2D eigenvalue weighted by atomic mass is 10.2. The Morgan fingerprint density at radius 3 is 2.74 bits per heavy atom. The van der Waals surface area contributed by atoms with Crippen LogP contribution in [0.25, 0.3) is 10.2 Å². The molecular formula is C19H19N3O4S. The van der Waals surface area contributed by atoms with Gasteiger partial charge in [-0.3, -0.25) is 9.59 Å². The quantitative estimate of drug-likeness (QED) is 0.670. The predicted molar refractivity (Wildman–Crippen MR) is 104 cm³/mol. The first kappa shape index (κ1) is 18.8. The van der Waals surface area contributed by atoms with Crippen molar-refractivity contribution >= 4 is 39.1 Å². The van der Waals surface area contributed by atoms with Crippen molar-refractivity contribution in [1.82, 2.24) is 9.97 Å². The van der Waals surface area contributed by atoms with Crippen molar-refractivity contribution < 1.29 is 14.3 Å². The van der Waals surface area contributed by atoms with Gasteiger partial charge < -0.3 is 15.0 Å². The number of hydrogen-bond donors (Lipinski definition) is 2. The van der Waals surface area contributed by atoms with Gasteiger partial charge in [0, 0.05) is 17.5 Å². The largest absolute Gasteiger partial charge is 0.451 e. The van der Waals surface area contributed by atoms with E-state index in [0.29, 0.717) is 27.3 Å². The van der Waals surface area contributed by atoms with Gasteiger partial charge in [-0.2, -0.15) is 0 Å². The Labute approximate surface area is 159 Å². The van der Waals surface area contributed by atoms with Crippen molar-refractivity contribution in [2.24, 2.45) is 0 Å². The van der Waals surface area contributed by atoms with Crippen LogP contribution in [0.1, 0.15) is 46.6 Å². The standard InChI is InChI=1S/C19H19N3O4S/c1-9-11(3)27-18-15(9)17(24)21-16(22-18)10(2)26-19(25)13-6-5-7-14(8-13)20-12(4)23/h5-8,10H,1-4H3,(H,20,23)(H,21,22,24)/t10-/m1/s1. The average Bonchev–Trinajstić information content (AvgIpc) is 2.89. The van der Waals surface area contributed by atoms with Crippen LogP contribution >= 0.6 is 11.3 Å². The number of H-pyrrole nitrogens is 1. The van der Waals surface area contributed by atoms with E-state index in [1.165, 1.54) is 24.3 Å². The van der Waals surface area contributed by atoms with Crippen LogP contribution in [-0.4, -0.2) is 21.8 Å². The van der Waals surface area contributed by atoms with Crippen LogP contribution < -0.4 is 10.9 Å². The molecule has 1 aromatic carbocycles. The molecule has 1 atom stereocenters. The van der Waals surface area contributed by atoms with Gasteiger partial charge in [-0.05, 0) is 44.5 Å². The fraction of sp³-hybridized carbons (Fsp3) is 0.263. The second kappa shape index (κ2) is 7.32. The highest BCUT2D eigenvalue weighted by atomic mass is 32.1. The number of nitrogens with zero attached hydrogens (tertiary/aromatic N) is 1. The Morgan fingerprint density at radius 2 is 2.04 bits per heavy atom. The summed E-state index contributed by atoms with van der Waals surface area (Å²) in [6.07, 6.45) is -0.735. The van der Waals surface area contributed by atoms with E-state index in [4.69, 9.17) is 4.74 Å². The molecule has 7 nitrogen and oxygen atoms in total. The number of aromatic amines is 1. The van der Waals surface area contributed by atoms with E-state index in [1.807, 2.05) is 13.8 Å². The highest BCUT2D eigenvalue weighted by Gasteiger charge is 2.19. The number of anilines is 1. The minimum absolute atomic E-state index is 0.231. The van der Waals surface area contributed by atoms with E-state index in [-0.39, 0.29) is 11.5 Å². The van der Waals surface area contributed by atoms with Gasteiger partial charge in [-0.15, -0.1) is 11.3 Å². The second-order valence-electron chi connectivity index (χ2n) is 6.22. The minimum Gasteiger partial charge on any atom is -0.451 e. The summed E-state index contributed by atoms with van der Waals surface area (Å²) in [5.74, 6) is -0.512. The average molecular weight is 385 g/mol. The number of carbonyl (C=O) groups is 2. The van der Waals surface area contributed by atoms with Crippen molar-refractivity contribution in [3.05, 3.63) is 56.4 Å². The van der Waals surface area contributed by atoms with E-state index >= 15 is 0 Å². The summed E-state index contributed by atoms with van der Waals surface area (Å²) in [6, 6.07) is 6.44. The molecule has 0 unspecified atom stereocenters. The molecule has 0 saturated heterocycles. The van der Waals surface area contributed by atoms with Crippen molar-refractivity contribution in [2.45, 2.75) is 33.8 Å². The maximum absolute atomic E-state index is 12.4. The molecule has 2 N–H and O–H groups in total. The van der Waals surface area contributed by atoms with E-state index in [1.54, 1.807) is 25.1 Å². The van der Waals surface area contributed by atoms with E-state index in [0.717, 1.165) is 10.4 Å². The highest BCUT2D eigenvalue weighted by Crippen LogP contribution is 2.27. The van der Waals surface area contributed by atoms with Crippen molar-refractivity contribution in [2.75, 3.05) is 5.32 Å². The lowest BCUT2D eigenvalue weighted by molar-refractivity contribution is -0.114. The number of nitrogens with one attached hydrogen (secondary N) is 2. The molecule has 3 aromatic rings. The van der Waals surface area contributed by atoms with Gasteiger partial charge in [0.2, 0.25) is 5.91 Å². The molecule has 0 saturated carbocycles. The Kier molecular flexibility index (Phi) is 5.09. The molecule has 140 valence electrons. The van der Waals surface area contributed by atoms with Crippen LogP contribution in [0.4, 0.5) is 5.69 Å². The van der Waals surface area contributed by atoms with Gasteiger partial charge in [0.1, 0.15) is 4.83 Å². The summed E-state index contributed by atoms with van der Waals surface area (Å²) in [7, 11) is 0. The number of benzene rings is 1. The Bertz CT molecular complexity index is 1100. The number of carbonyl (C=O) groups excluding carboxylic acids is 2. The lowest BCUT2D eigenvalue weighted by Crippen LogP contribution is -2.17. The molecule has 3 rings (SSSR count). The number of fused-ring (bicyclic) bond motifs is 1. The molecule has 2 aromatic heterocycles. The molecule has 2 heterocycles. The molecule has 27 heavy (non-hydrogen) atoms. The van der Waals surface area contributed by atoms with E-state index in [9.17, 15) is 14.4 Å². The van der Waals surface area contributed by atoms with Crippen LogP contribution in [0.5, 0.6) is 0 Å². The first-order chi connectivity index (χ1) is 12.8. The molecule has 0 spiro atoms. The molecule has 8 heteroatoms. The smallest absolute Gasteiger partial charge is 0.338 e. The van der Waals surface area contributed by atoms with Crippen molar-refractivity contribution in [1.29, 1.82) is 0 Å². The third-order valence-corrected chi connectivity index (χ3v) is 5.25. The number of esters is 1. The minimum atomic E-state index is -0.735. The van der Waals surface area contributed by atoms with Crippen LogP contribution in [0, 0.1) is 13.8 Å². The highest BCUT2D eigenvalue weighted by molar-refractivity contribution is 7.18. The summed E-state index contributed by atoms with van der Waals surface area (Å²) in [6.45, 7) is 6.86. The normalized spacial score (nSPS) is 12.0. The Balaban J connectivity index is 1.84. The van der Waals surface area contributed by atoms with E-state index in [2.05, 4.69) is 15.3 Å². The number of rotatable bonds is 4. The van der Waals surface area contributed by atoms with E-state index < -0.39 is 12.1 Å². The molecule has 0 bridgehead atoms. The van der Waals surface area contributed by atoms with Gasteiger partial charge >= 0.3 is 5.97 Å². The Hall–Kier alpha value is -3.00. The van der Waals surface area contributed by atoms with Crippen molar-refractivity contribution in [3.8, 4) is 0 Å². The second-order valence-corrected chi connectivity index (χ2v) is 7.43. The first-order valence-electron chi connectivity index (χ1n) is 8.35. The third kappa shape index (κ3) is 3.90. The summed E-state index contributed by atoms with van der Waals surface area (Å²) < 4.78 is 5.44. The third-order valence-electron chi connectivity index (χ3n) is 4.14. The molecule has 0 aliphatic heterocycles. The topological polar surface area (TPSA) is 101 Å². The maximum atomic E-state index is 12.4. The van der Waals surface area contributed by atoms with Crippen LogP contribution in [0.3, 0.4) is 0 Å². The zero-order chi connectivity index (χ0) is 19.7. The van der Waals surface area contributed by atoms with Gasteiger partial charge in [0.25, 0.3) is 5.56 Å². The SMILES string of the molecule is CC(=O)Nc1cccc(C(=O)O[C@H](C)c2nc3sc(C)c(C)c3c(=O)[nH]2)c1.